The number of thioether (sulfide) groups is 1. The topological polar surface area (TPSA) is 28.2 Å². The van der Waals surface area contributed by atoms with Crippen LogP contribution in [0.4, 0.5) is 0 Å². The summed E-state index contributed by atoms with van der Waals surface area (Å²) >= 11 is 2.06. The number of pyridine rings is 1. The molecule has 4 heteroatoms. The van der Waals surface area contributed by atoms with Crippen LogP contribution in [0.3, 0.4) is 0 Å². The zero-order valence-corrected chi connectivity index (χ0v) is 11.2. The third kappa shape index (κ3) is 4.30. The molecule has 0 radical (unpaired) electrons. The van der Waals surface area contributed by atoms with Crippen molar-refractivity contribution in [1.29, 1.82) is 0 Å². The molecule has 1 N–H and O–H groups in total. The van der Waals surface area contributed by atoms with Gasteiger partial charge in [0.25, 0.3) is 0 Å². The van der Waals surface area contributed by atoms with Crippen LogP contribution in [0.1, 0.15) is 12.5 Å². The fraction of sp³-hybridized carbons (Fsp3) is 0.615. The Kier molecular flexibility index (Phi) is 5.29. The van der Waals surface area contributed by atoms with E-state index in [1.807, 2.05) is 12.4 Å². The van der Waals surface area contributed by atoms with Gasteiger partial charge in [-0.05, 0) is 24.2 Å². The molecule has 1 saturated heterocycles. The van der Waals surface area contributed by atoms with Crippen LogP contribution in [0.15, 0.2) is 24.5 Å². The van der Waals surface area contributed by atoms with Crippen molar-refractivity contribution in [3.8, 4) is 0 Å². The second kappa shape index (κ2) is 6.99. The van der Waals surface area contributed by atoms with E-state index < -0.39 is 0 Å². The van der Waals surface area contributed by atoms with Crippen LogP contribution in [-0.2, 0) is 6.54 Å². The molecule has 1 aromatic heterocycles. The summed E-state index contributed by atoms with van der Waals surface area (Å²) in [6.45, 7) is 6.66. The van der Waals surface area contributed by atoms with Crippen molar-refractivity contribution in [1.82, 2.24) is 15.2 Å². The maximum atomic E-state index is 4.06. The summed E-state index contributed by atoms with van der Waals surface area (Å²) in [5.74, 6) is 2.50. The molecule has 0 spiro atoms. The summed E-state index contributed by atoms with van der Waals surface area (Å²) in [4.78, 5) is 6.56. The molecule has 0 bridgehead atoms. The lowest BCUT2D eigenvalue weighted by Crippen LogP contribution is -2.45. The Morgan fingerprint density at radius 1 is 1.47 bits per heavy atom. The molecule has 1 unspecified atom stereocenters. The van der Waals surface area contributed by atoms with Crippen molar-refractivity contribution >= 4 is 11.8 Å². The lowest BCUT2D eigenvalue weighted by Gasteiger charge is -2.29. The van der Waals surface area contributed by atoms with Crippen molar-refractivity contribution in [2.24, 2.45) is 0 Å². The van der Waals surface area contributed by atoms with E-state index in [0.717, 1.165) is 26.2 Å². The van der Waals surface area contributed by atoms with Crippen LogP contribution in [0.5, 0.6) is 0 Å². The van der Waals surface area contributed by atoms with Gasteiger partial charge < -0.3 is 5.32 Å². The Balaban J connectivity index is 1.83. The number of nitrogens with zero attached hydrogens (tertiary/aromatic N) is 2. The summed E-state index contributed by atoms with van der Waals surface area (Å²) in [5.41, 5.74) is 1.35. The normalized spacial score (nSPS) is 20.7. The summed E-state index contributed by atoms with van der Waals surface area (Å²) in [7, 11) is 0. The highest BCUT2D eigenvalue weighted by molar-refractivity contribution is 7.99. The molecule has 2 heterocycles. The number of aromatic nitrogens is 1. The molecule has 2 rings (SSSR count). The van der Waals surface area contributed by atoms with Gasteiger partial charge in [-0.15, -0.1) is 0 Å². The van der Waals surface area contributed by atoms with E-state index in [1.54, 1.807) is 0 Å². The minimum Gasteiger partial charge on any atom is -0.311 e. The van der Waals surface area contributed by atoms with Gasteiger partial charge in [0, 0.05) is 49.6 Å². The SMILES string of the molecule is CCN(Cc1ccncc1)CC1CSCCN1. The van der Waals surface area contributed by atoms with Crippen LogP contribution in [-0.4, -0.2) is 47.1 Å². The highest BCUT2D eigenvalue weighted by Gasteiger charge is 2.16. The monoisotopic (exact) mass is 251 g/mol. The van der Waals surface area contributed by atoms with Gasteiger partial charge in [-0.3, -0.25) is 9.88 Å². The molecule has 3 nitrogen and oxygen atoms in total. The number of hydrogen-bond donors (Lipinski definition) is 1. The summed E-state index contributed by atoms with van der Waals surface area (Å²) in [6, 6.07) is 4.85. The molecule has 1 aliphatic heterocycles. The van der Waals surface area contributed by atoms with Gasteiger partial charge in [0.1, 0.15) is 0 Å². The van der Waals surface area contributed by atoms with Crippen molar-refractivity contribution in [2.45, 2.75) is 19.5 Å². The van der Waals surface area contributed by atoms with Gasteiger partial charge in [0.15, 0.2) is 0 Å². The van der Waals surface area contributed by atoms with Crippen molar-refractivity contribution in [3.05, 3.63) is 30.1 Å². The van der Waals surface area contributed by atoms with Crippen molar-refractivity contribution in [3.63, 3.8) is 0 Å². The van der Waals surface area contributed by atoms with Crippen LogP contribution in [0.2, 0.25) is 0 Å². The third-order valence-electron chi connectivity index (χ3n) is 3.08. The molecule has 1 aliphatic rings. The predicted molar refractivity (Wildman–Crippen MR) is 74.3 cm³/mol. The van der Waals surface area contributed by atoms with Crippen LogP contribution >= 0.6 is 11.8 Å². The molecule has 94 valence electrons. The minimum atomic E-state index is 0.649. The van der Waals surface area contributed by atoms with Crippen LogP contribution in [0, 0.1) is 0 Å². The Bertz CT molecular complexity index is 312. The number of likely N-dealkylation sites (N-methyl/N-ethyl adjacent to an activating group) is 1. The van der Waals surface area contributed by atoms with Gasteiger partial charge >= 0.3 is 0 Å². The Morgan fingerprint density at radius 3 is 2.94 bits per heavy atom. The Morgan fingerprint density at radius 2 is 2.29 bits per heavy atom. The molecule has 1 fully saturated rings. The average molecular weight is 251 g/mol. The fourth-order valence-corrected chi connectivity index (χ4v) is 3.04. The molecule has 1 aromatic rings. The van der Waals surface area contributed by atoms with Gasteiger partial charge in [-0.25, -0.2) is 0 Å². The number of rotatable bonds is 5. The van der Waals surface area contributed by atoms with E-state index in [0.29, 0.717) is 6.04 Å². The molecule has 0 saturated carbocycles. The van der Waals surface area contributed by atoms with E-state index in [1.165, 1.54) is 17.1 Å². The lowest BCUT2D eigenvalue weighted by atomic mass is 10.2. The summed E-state index contributed by atoms with van der Waals surface area (Å²) in [6.07, 6.45) is 3.75. The van der Waals surface area contributed by atoms with Gasteiger partial charge in [-0.1, -0.05) is 6.92 Å². The highest BCUT2D eigenvalue weighted by Crippen LogP contribution is 2.10. The Labute approximate surface area is 108 Å². The maximum Gasteiger partial charge on any atom is 0.0286 e. The fourth-order valence-electron chi connectivity index (χ4n) is 2.10. The smallest absolute Gasteiger partial charge is 0.0286 e. The highest BCUT2D eigenvalue weighted by atomic mass is 32.2. The van der Waals surface area contributed by atoms with E-state index in [2.05, 4.69) is 46.0 Å². The Hall–Kier alpha value is -0.580. The zero-order chi connectivity index (χ0) is 11.9. The predicted octanol–water partition coefficient (Wildman–Crippen LogP) is 1.61. The second-order valence-electron chi connectivity index (χ2n) is 4.41. The first-order valence-corrected chi connectivity index (χ1v) is 7.46. The molecular weight excluding hydrogens is 230 g/mol. The van der Waals surface area contributed by atoms with Gasteiger partial charge in [0.2, 0.25) is 0 Å². The summed E-state index contributed by atoms with van der Waals surface area (Å²) in [5, 5.41) is 3.59. The van der Waals surface area contributed by atoms with Gasteiger partial charge in [0.05, 0.1) is 0 Å². The van der Waals surface area contributed by atoms with E-state index in [-0.39, 0.29) is 0 Å². The van der Waals surface area contributed by atoms with Crippen LogP contribution in [0.25, 0.3) is 0 Å². The van der Waals surface area contributed by atoms with E-state index in [4.69, 9.17) is 0 Å². The standard InChI is InChI=1S/C13H21N3S/c1-2-16(9-12-3-5-14-6-4-12)10-13-11-17-8-7-15-13/h3-6,13,15H,2,7-11H2,1H3. The first-order valence-electron chi connectivity index (χ1n) is 6.31. The number of hydrogen-bond acceptors (Lipinski definition) is 4. The minimum absolute atomic E-state index is 0.649. The van der Waals surface area contributed by atoms with Gasteiger partial charge in [-0.2, -0.15) is 11.8 Å². The largest absolute Gasteiger partial charge is 0.311 e. The second-order valence-corrected chi connectivity index (χ2v) is 5.56. The quantitative estimate of drug-likeness (QED) is 0.860. The van der Waals surface area contributed by atoms with E-state index >= 15 is 0 Å². The zero-order valence-electron chi connectivity index (χ0n) is 10.4. The molecule has 0 amide bonds. The molecule has 17 heavy (non-hydrogen) atoms. The van der Waals surface area contributed by atoms with Crippen molar-refractivity contribution in [2.75, 3.05) is 31.1 Å². The molecule has 0 aromatic carbocycles. The molecular formula is C13H21N3S. The van der Waals surface area contributed by atoms with Crippen LogP contribution < -0.4 is 5.32 Å². The molecule has 0 aliphatic carbocycles. The summed E-state index contributed by atoms with van der Waals surface area (Å²) < 4.78 is 0. The first-order chi connectivity index (χ1) is 8.38. The third-order valence-corrected chi connectivity index (χ3v) is 4.21. The number of nitrogens with one attached hydrogen (secondary N) is 1. The first kappa shape index (κ1) is 12.9. The van der Waals surface area contributed by atoms with E-state index in [9.17, 15) is 0 Å². The average Bonchev–Trinajstić information content (AvgIpc) is 2.40. The lowest BCUT2D eigenvalue weighted by molar-refractivity contribution is 0.253. The maximum absolute atomic E-state index is 4.06. The molecule has 1 atom stereocenters. The van der Waals surface area contributed by atoms with Crippen molar-refractivity contribution < 1.29 is 0 Å².